The highest BCUT2D eigenvalue weighted by Crippen LogP contribution is 2.12. The number of guanidine groups is 1. The van der Waals surface area contributed by atoms with Crippen molar-refractivity contribution in [1.82, 2.24) is 15.5 Å². The van der Waals surface area contributed by atoms with Crippen LogP contribution in [-0.2, 0) is 9.53 Å². The molecule has 0 radical (unpaired) electrons. The van der Waals surface area contributed by atoms with Gasteiger partial charge >= 0.3 is 0 Å². The predicted octanol–water partition coefficient (Wildman–Crippen LogP) is 2.23. The quantitative estimate of drug-likeness (QED) is 0.243. The molecule has 1 aliphatic heterocycles. The summed E-state index contributed by atoms with van der Waals surface area (Å²) in [5.74, 6) is 1.12. The number of amides is 1. The Labute approximate surface area is 164 Å². The van der Waals surface area contributed by atoms with E-state index < -0.39 is 0 Å². The van der Waals surface area contributed by atoms with Gasteiger partial charge in [0.2, 0.25) is 5.91 Å². The molecular formula is C17H35IN4O2. The molecule has 1 aliphatic rings. The number of halogens is 1. The molecule has 1 unspecified atom stereocenters. The molecular weight excluding hydrogens is 419 g/mol. The number of rotatable bonds is 9. The maximum absolute atomic E-state index is 12.0. The van der Waals surface area contributed by atoms with Crippen molar-refractivity contribution in [3.63, 3.8) is 0 Å². The van der Waals surface area contributed by atoms with Gasteiger partial charge in [-0.25, -0.2) is 0 Å². The molecule has 142 valence electrons. The van der Waals surface area contributed by atoms with Crippen molar-refractivity contribution in [3.05, 3.63) is 0 Å². The molecule has 0 aromatic rings. The van der Waals surface area contributed by atoms with Gasteiger partial charge in [-0.1, -0.05) is 27.2 Å². The van der Waals surface area contributed by atoms with Crippen LogP contribution in [-0.4, -0.2) is 62.2 Å². The Hall–Kier alpha value is -0.570. The van der Waals surface area contributed by atoms with Crippen molar-refractivity contribution in [2.45, 2.75) is 53.0 Å². The highest BCUT2D eigenvalue weighted by molar-refractivity contribution is 14.0. The maximum atomic E-state index is 12.0. The van der Waals surface area contributed by atoms with Crippen LogP contribution in [0.1, 0.15) is 47.0 Å². The zero-order chi connectivity index (χ0) is 17.1. The third-order valence-electron chi connectivity index (χ3n) is 3.83. The SMILES string of the molecule is CCCCOCCN=C(NCC)NC1CCN(C(=O)C(C)C)C1.I. The summed E-state index contributed by atoms with van der Waals surface area (Å²) in [5, 5.41) is 6.69. The number of hydrogen-bond donors (Lipinski definition) is 2. The summed E-state index contributed by atoms with van der Waals surface area (Å²) in [6, 6.07) is 0.275. The number of ether oxygens (including phenoxy) is 1. The third kappa shape index (κ3) is 9.05. The molecule has 1 saturated heterocycles. The van der Waals surface area contributed by atoms with Gasteiger partial charge in [0.15, 0.2) is 5.96 Å². The second-order valence-corrected chi connectivity index (χ2v) is 6.30. The molecule has 1 atom stereocenters. The first-order chi connectivity index (χ1) is 11.1. The Kier molecular flexibility index (Phi) is 13.4. The number of aliphatic imine (C=N–C) groups is 1. The molecule has 24 heavy (non-hydrogen) atoms. The van der Waals surface area contributed by atoms with E-state index in [2.05, 4.69) is 29.5 Å². The van der Waals surface area contributed by atoms with Crippen molar-refractivity contribution in [1.29, 1.82) is 0 Å². The molecule has 1 amide bonds. The lowest BCUT2D eigenvalue weighted by atomic mass is 10.2. The highest BCUT2D eigenvalue weighted by Gasteiger charge is 2.27. The number of nitrogens with zero attached hydrogens (tertiary/aromatic N) is 2. The van der Waals surface area contributed by atoms with E-state index in [1.54, 1.807) is 0 Å². The topological polar surface area (TPSA) is 66.0 Å². The van der Waals surface area contributed by atoms with Gasteiger partial charge < -0.3 is 20.3 Å². The van der Waals surface area contributed by atoms with Gasteiger partial charge in [0.05, 0.1) is 13.2 Å². The first-order valence-electron chi connectivity index (χ1n) is 8.99. The fraction of sp³-hybridized carbons (Fsp3) is 0.882. The van der Waals surface area contributed by atoms with Crippen molar-refractivity contribution in [2.24, 2.45) is 10.9 Å². The summed E-state index contributed by atoms with van der Waals surface area (Å²) in [7, 11) is 0. The largest absolute Gasteiger partial charge is 0.380 e. The van der Waals surface area contributed by atoms with E-state index in [4.69, 9.17) is 4.74 Å². The first-order valence-corrected chi connectivity index (χ1v) is 8.99. The number of carbonyl (C=O) groups is 1. The maximum Gasteiger partial charge on any atom is 0.225 e. The molecule has 2 N–H and O–H groups in total. The second kappa shape index (κ2) is 13.7. The lowest BCUT2D eigenvalue weighted by Gasteiger charge is -2.20. The zero-order valence-corrected chi connectivity index (χ0v) is 18.0. The second-order valence-electron chi connectivity index (χ2n) is 6.30. The minimum absolute atomic E-state index is 0. The Morgan fingerprint density at radius 1 is 1.33 bits per heavy atom. The normalized spacial score (nSPS) is 17.8. The monoisotopic (exact) mass is 454 g/mol. The van der Waals surface area contributed by atoms with E-state index in [-0.39, 0.29) is 41.8 Å². The summed E-state index contributed by atoms with van der Waals surface area (Å²) in [5.41, 5.74) is 0. The van der Waals surface area contributed by atoms with Crippen LogP contribution in [0.2, 0.25) is 0 Å². The van der Waals surface area contributed by atoms with Crippen LogP contribution in [0.3, 0.4) is 0 Å². The average molecular weight is 454 g/mol. The number of likely N-dealkylation sites (tertiary alicyclic amines) is 1. The van der Waals surface area contributed by atoms with Gasteiger partial charge in [0, 0.05) is 38.2 Å². The number of carbonyl (C=O) groups excluding carboxylic acids is 1. The molecule has 0 aliphatic carbocycles. The van der Waals surface area contributed by atoms with Crippen molar-refractivity contribution >= 4 is 35.8 Å². The number of unbranched alkanes of at least 4 members (excludes halogenated alkanes) is 1. The minimum Gasteiger partial charge on any atom is -0.380 e. The highest BCUT2D eigenvalue weighted by atomic mass is 127. The van der Waals surface area contributed by atoms with E-state index in [1.807, 2.05) is 18.7 Å². The molecule has 0 bridgehead atoms. The Morgan fingerprint density at radius 3 is 2.71 bits per heavy atom. The van der Waals surface area contributed by atoms with Gasteiger partial charge in [-0.2, -0.15) is 0 Å². The lowest BCUT2D eigenvalue weighted by Crippen LogP contribution is -2.45. The standard InChI is InChI=1S/C17H34N4O2.HI/c1-5-7-11-23-12-9-19-17(18-6-2)20-15-8-10-21(13-15)16(22)14(3)4;/h14-15H,5-13H2,1-4H3,(H2,18,19,20);1H. The number of nitrogens with one attached hydrogen (secondary N) is 2. The minimum atomic E-state index is 0. The Bertz CT molecular complexity index is 378. The fourth-order valence-corrected chi connectivity index (χ4v) is 2.53. The van der Waals surface area contributed by atoms with Gasteiger partial charge in [-0.3, -0.25) is 9.79 Å². The van der Waals surface area contributed by atoms with Gasteiger partial charge in [0.1, 0.15) is 0 Å². The molecule has 0 aromatic carbocycles. The Balaban J connectivity index is 0.00000529. The summed E-state index contributed by atoms with van der Waals surface area (Å²) in [6.07, 6.45) is 3.22. The molecule has 1 fully saturated rings. The van der Waals surface area contributed by atoms with E-state index in [9.17, 15) is 4.79 Å². The van der Waals surface area contributed by atoms with Crippen LogP contribution in [0.25, 0.3) is 0 Å². The smallest absolute Gasteiger partial charge is 0.225 e. The summed E-state index contributed by atoms with van der Waals surface area (Å²) in [4.78, 5) is 18.5. The van der Waals surface area contributed by atoms with E-state index >= 15 is 0 Å². The van der Waals surface area contributed by atoms with Crippen molar-refractivity contribution in [2.75, 3.05) is 39.4 Å². The van der Waals surface area contributed by atoms with Gasteiger partial charge in [-0.05, 0) is 19.8 Å². The molecule has 0 aromatic heterocycles. The average Bonchev–Trinajstić information content (AvgIpc) is 2.98. The summed E-state index contributed by atoms with van der Waals surface area (Å²) in [6.45, 7) is 12.6. The Morgan fingerprint density at radius 2 is 2.08 bits per heavy atom. The van der Waals surface area contributed by atoms with E-state index in [0.29, 0.717) is 13.2 Å². The van der Waals surface area contributed by atoms with Crippen LogP contribution in [0.5, 0.6) is 0 Å². The van der Waals surface area contributed by atoms with Crippen LogP contribution < -0.4 is 10.6 Å². The molecule has 0 spiro atoms. The van der Waals surface area contributed by atoms with Gasteiger partial charge in [0.25, 0.3) is 0 Å². The van der Waals surface area contributed by atoms with Crippen LogP contribution in [0, 0.1) is 5.92 Å². The third-order valence-corrected chi connectivity index (χ3v) is 3.83. The molecule has 1 rings (SSSR count). The van der Waals surface area contributed by atoms with Crippen LogP contribution >= 0.6 is 24.0 Å². The molecule has 1 heterocycles. The van der Waals surface area contributed by atoms with E-state index in [1.165, 1.54) is 0 Å². The molecule has 7 heteroatoms. The first kappa shape index (κ1) is 23.4. The van der Waals surface area contributed by atoms with Crippen molar-refractivity contribution in [3.8, 4) is 0 Å². The predicted molar refractivity (Wildman–Crippen MR) is 110 cm³/mol. The summed E-state index contributed by atoms with van der Waals surface area (Å²) < 4.78 is 5.53. The summed E-state index contributed by atoms with van der Waals surface area (Å²) >= 11 is 0. The van der Waals surface area contributed by atoms with Crippen LogP contribution in [0.15, 0.2) is 4.99 Å². The fourth-order valence-electron chi connectivity index (χ4n) is 2.53. The van der Waals surface area contributed by atoms with Gasteiger partial charge in [-0.15, -0.1) is 24.0 Å². The van der Waals surface area contributed by atoms with Crippen molar-refractivity contribution < 1.29 is 9.53 Å². The molecule has 0 saturated carbocycles. The van der Waals surface area contributed by atoms with E-state index in [0.717, 1.165) is 51.5 Å². The lowest BCUT2D eigenvalue weighted by molar-refractivity contribution is -0.133. The zero-order valence-electron chi connectivity index (χ0n) is 15.6. The van der Waals surface area contributed by atoms with Crippen LogP contribution in [0.4, 0.5) is 0 Å². The number of hydrogen-bond acceptors (Lipinski definition) is 3. The molecule has 6 nitrogen and oxygen atoms in total.